The predicted octanol–water partition coefficient (Wildman–Crippen LogP) is 3.83. The van der Waals surface area contributed by atoms with Crippen molar-refractivity contribution >= 4 is 22.9 Å². The Morgan fingerprint density at radius 3 is 2.94 bits per heavy atom. The second-order valence-electron chi connectivity index (χ2n) is 4.39. The molecule has 1 unspecified atom stereocenters. The van der Waals surface area contributed by atoms with Crippen LogP contribution in [0.2, 0.25) is 5.02 Å². The van der Waals surface area contributed by atoms with Gasteiger partial charge in [0.15, 0.2) is 0 Å². The molecule has 2 aromatic rings. The molecule has 96 valence electrons. The van der Waals surface area contributed by atoms with E-state index in [9.17, 15) is 5.11 Å². The minimum Gasteiger partial charge on any atom is -0.508 e. The van der Waals surface area contributed by atoms with E-state index in [0.717, 1.165) is 12.0 Å². The number of phenolic OH excluding ortho intramolecular Hbond substituents is 1. The third kappa shape index (κ3) is 3.73. The maximum absolute atomic E-state index is 9.71. The van der Waals surface area contributed by atoms with E-state index in [2.05, 4.69) is 29.1 Å². The third-order valence-electron chi connectivity index (χ3n) is 2.80. The van der Waals surface area contributed by atoms with Crippen molar-refractivity contribution in [2.45, 2.75) is 25.9 Å². The molecule has 0 fully saturated rings. The van der Waals surface area contributed by atoms with E-state index < -0.39 is 0 Å². The Hall–Kier alpha value is -1.03. The first kappa shape index (κ1) is 13.4. The van der Waals surface area contributed by atoms with Gasteiger partial charge in [0.25, 0.3) is 0 Å². The van der Waals surface area contributed by atoms with Crippen LogP contribution in [0, 0.1) is 0 Å². The van der Waals surface area contributed by atoms with E-state index in [1.165, 1.54) is 5.56 Å². The highest BCUT2D eigenvalue weighted by molar-refractivity contribution is 7.07. The highest BCUT2D eigenvalue weighted by Crippen LogP contribution is 2.21. The third-order valence-corrected chi connectivity index (χ3v) is 3.77. The van der Waals surface area contributed by atoms with Crippen LogP contribution in [0.4, 0.5) is 0 Å². The normalized spacial score (nSPS) is 12.6. The van der Waals surface area contributed by atoms with Gasteiger partial charge >= 0.3 is 0 Å². The molecule has 0 radical (unpaired) electrons. The van der Waals surface area contributed by atoms with Crippen LogP contribution in [0.5, 0.6) is 5.75 Å². The quantitative estimate of drug-likeness (QED) is 0.873. The van der Waals surface area contributed by atoms with Gasteiger partial charge in [0, 0.05) is 23.2 Å². The fraction of sp³-hybridized carbons (Fsp3) is 0.286. The Morgan fingerprint density at radius 2 is 2.22 bits per heavy atom. The minimum absolute atomic E-state index is 0.287. The predicted molar refractivity (Wildman–Crippen MR) is 77.4 cm³/mol. The highest BCUT2D eigenvalue weighted by Gasteiger charge is 2.06. The van der Waals surface area contributed by atoms with Crippen molar-refractivity contribution < 1.29 is 5.11 Å². The van der Waals surface area contributed by atoms with Crippen LogP contribution in [-0.2, 0) is 13.0 Å². The zero-order chi connectivity index (χ0) is 13.0. The first-order valence-corrected chi connectivity index (χ1v) is 7.19. The highest BCUT2D eigenvalue weighted by atomic mass is 35.5. The van der Waals surface area contributed by atoms with Gasteiger partial charge < -0.3 is 10.4 Å². The second-order valence-corrected chi connectivity index (χ2v) is 5.61. The fourth-order valence-corrected chi connectivity index (χ4v) is 2.69. The van der Waals surface area contributed by atoms with Crippen LogP contribution in [0.1, 0.15) is 18.1 Å². The van der Waals surface area contributed by atoms with Crippen molar-refractivity contribution in [1.82, 2.24) is 5.32 Å². The van der Waals surface area contributed by atoms with E-state index in [-0.39, 0.29) is 5.75 Å². The Morgan fingerprint density at radius 1 is 1.39 bits per heavy atom. The number of phenols is 1. The average Bonchev–Trinajstić information content (AvgIpc) is 2.83. The number of thiophene rings is 1. The Balaban J connectivity index is 1.89. The number of nitrogens with one attached hydrogen (secondary N) is 1. The molecule has 2 nitrogen and oxygen atoms in total. The van der Waals surface area contributed by atoms with Gasteiger partial charge in [-0.2, -0.15) is 11.3 Å². The van der Waals surface area contributed by atoms with Crippen LogP contribution in [0.25, 0.3) is 0 Å². The van der Waals surface area contributed by atoms with Crippen molar-refractivity contribution in [2.24, 2.45) is 0 Å². The molecule has 0 aliphatic rings. The maximum Gasteiger partial charge on any atom is 0.120 e. The van der Waals surface area contributed by atoms with Crippen molar-refractivity contribution in [3.05, 3.63) is 51.2 Å². The van der Waals surface area contributed by atoms with E-state index in [1.54, 1.807) is 29.5 Å². The summed E-state index contributed by atoms with van der Waals surface area (Å²) in [4.78, 5) is 0. The summed E-state index contributed by atoms with van der Waals surface area (Å²) in [5.74, 6) is 0.287. The van der Waals surface area contributed by atoms with Crippen molar-refractivity contribution in [2.75, 3.05) is 0 Å². The molecule has 18 heavy (non-hydrogen) atoms. The molecule has 1 aromatic carbocycles. The van der Waals surface area contributed by atoms with Crippen LogP contribution in [0.15, 0.2) is 35.0 Å². The van der Waals surface area contributed by atoms with Gasteiger partial charge in [0.05, 0.1) is 0 Å². The zero-order valence-electron chi connectivity index (χ0n) is 10.2. The van der Waals surface area contributed by atoms with Gasteiger partial charge in [-0.3, -0.25) is 0 Å². The summed E-state index contributed by atoms with van der Waals surface area (Å²) < 4.78 is 0. The summed E-state index contributed by atoms with van der Waals surface area (Å²) in [6.45, 7) is 2.76. The van der Waals surface area contributed by atoms with Crippen molar-refractivity contribution in [3.63, 3.8) is 0 Å². The second kappa shape index (κ2) is 6.23. The van der Waals surface area contributed by atoms with Crippen molar-refractivity contribution in [1.29, 1.82) is 0 Å². The summed E-state index contributed by atoms with van der Waals surface area (Å²) in [6, 6.07) is 7.61. The van der Waals surface area contributed by atoms with E-state index in [1.807, 2.05) is 0 Å². The molecule has 0 aliphatic heterocycles. The number of rotatable bonds is 5. The maximum atomic E-state index is 9.71. The average molecular weight is 282 g/mol. The Bertz CT molecular complexity index is 499. The molecule has 1 aromatic heterocycles. The van der Waals surface area contributed by atoms with Crippen molar-refractivity contribution in [3.8, 4) is 5.75 Å². The van der Waals surface area contributed by atoms with Gasteiger partial charge in [-0.25, -0.2) is 0 Å². The SMILES string of the molecule is CC(Cc1ccsc1)NCc1cc(Cl)ccc1O. The lowest BCUT2D eigenvalue weighted by Crippen LogP contribution is -2.27. The van der Waals surface area contributed by atoms with Gasteiger partial charge in [0.2, 0.25) is 0 Å². The number of hydrogen-bond donors (Lipinski definition) is 2. The van der Waals surface area contributed by atoms with Gasteiger partial charge in [-0.1, -0.05) is 11.6 Å². The van der Waals surface area contributed by atoms with Crippen LogP contribution >= 0.6 is 22.9 Å². The number of halogens is 1. The zero-order valence-corrected chi connectivity index (χ0v) is 11.8. The summed E-state index contributed by atoms with van der Waals surface area (Å²) in [7, 11) is 0. The monoisotopic (exact) mass is 281 g/mol. The lowest BCUT2D eigenvalue weighted by Gasteiger charge is -2.14. The molecule has 0 spiro atoms. The van der Waals surface area contributed by atoms with Gasteiger partial charge in [-0.15, -0.1) is 0 Å². The molecular weight excluding hydrogens is 266 g/mol. The smallest absolute Gasteiger partial charge is 0.120 e. The van der Waals surface area contributed by atoms with E-state index in [0.29, 0.717) is 17.6 Å². The molecule has 0 saturated heterocycles. The summed E-state index contributed by atoms with van der Waals surface area (Å²) >= 11 is 7.62. The summed E-state index contributed by atoms with van der Waals surface area (Å²) in [6.07, 6.45) is 0.991. The van der Waals surface area contributed by atoms with Crippen LogP contribution in [-0.4, -0.2) is 11.1 Å². The number of benzene rings is 1. The van der Waals surface area contributed by atoms with Gasteiger partial charge in [0.1, 0.15) is 5.75 Å². The number of aromatic hydroxyl groups is 1. The Labute approximate surface area is 116 Å². The topological polar surface area (TPSA) is 32.3 Å². The van der Waals surface area contributed by atoms with E-state index in [4.69, 9.17) is 11.6 Å². The molecule has 0 amide bonds. The summed E-state index contributed by atoms with van der Waals surface area (Å²) in [5.41, 5.74) is 2.18. The first-order chi connectivity index (χ1) is 8.65. The lowest BCUT2D eigenvalue weighted by atomic mass is 10.1. The molecular formula is C14H16ClNOS. The summed E-state index contributed by atoms with van der Waals surface area (Å²) in [5, 5.41) is 18.0. The standard InChI is InChI=1S/C14H16ClNOS/c1-10(6-11-4-5-18-9-11)16-8-12-7-13(15)2-3-14(12)17/h2-5,7,9-10,16-17H,6,8H2,1H3. The van der Waals surface area contributed by atoms with Gasteiger partial charge in [-0.05, 0) is 53.9 Å². The van der Waals surface area contributed by atoms with Crippen LogP contribution in [0.3, 0.4) is 0 Å². The molecule has 4 heteroatoms. The first-order valence-electron chi connectivity index (χ1n) is 5.87. The molecule has 0 aliphatic carbocycles. The molecule has 1 heterocycles. The van der Waals surface area contributed by atoms with E-state index >= 15 is 0 Å². The molecule has 1 atom stereocenters. The molecule has 2 N–H and O–H groups in total. The number of hydrogen-bond acceptors (Lipinski definition) is 3. The van der Waals surface area contributed by atoms with Crippen LogP contribution < -0.4 is 5.32 Å². The molecule has 0 bridgehead atoms. The molecule has 0 saturated carbocycles. The minimum atomic E-state index is 0.287. The Kier molecular flexibility index (Phi) is 4.64. The fourth-order valence-electron chi connectivity index (χ4n) is 1.81. The largest absolute Gasteiger partial charge is 0.508 e. The molecule has 2 rings (SSSR count). The lowest BCUT2D eigenvalue weighted by molar-refractivity contribution is 0.458.